The minimum atomic E-state index is -3.54. The first-order valence-corrected chi connectivity index (χ1v) is 9.59. The Kier molecular flexibility index (Phi) is 5.19. The van der Waals surface area contributed by atoms with Crippen LogP contribution in [0.4, 0.5) is 0 Å². The van der Waals surface area contributed by atoms with Gasteiger partial charge in [-0.25, -0.2) is 0 Å². The standard InChI is InChI=1S/C16H23N3O4S/c17-16(20)14-6-8-18(9-7-14)24(21,22)19-10-11-23-15(12-19)13-4-2-1-3-5-13/h1-5,14-15H,6-12H2,(H2,17,20). The van der Waals surface area contributed by atoms with E-state index in [9.17, 15) is 13.2 Å². The van der Waals surface area contributed by atoms with E-state index in [0.717, 1.165) is 5.56 Å². The van der Waals surface area contributed by atoms with E-state index in [1.165, 1.54) is 8.61 Å². The largest absolute Gasteiger partial charge is 0.371 e. The number of carbonyl (C=O) groups is 1. The van der Waals surface area contributed by atoms with Gasteiger partial charge in [0.15, 0.2) is 0 Å². The molecule has 1 amide bonds. The molecule has 2 aliphatic rings. The predicted octanol–water partition coefficient (Wildman–Crippen LogP) is 0.502. The molecule has 2 fully saturated rings. The van der Waals surface area contributed by atoms with Crippen LogP contribution in [0.3, 0.4) is 0 Å². The summed E-state index contributed by atoms with van der Waals surface area (Å²) < 4.78 is 34.4. The topological polar surface area (TPSA) is 92.9 Å². The Labute approximate surface area is 142 Å². The molecule has 0 aromatic heterocycles. The number of piperidine rings is 1. The van der Waals surface area contributed by atoms with E-state index >= 15 is 0 Å². The minimum absolute atomic E-state index is 0.224. The Morgan fingerprint density at radius 3 is 2.38 bits per heavy atom. The Morgan fingerprint density at radius 1 is 1.08 bits per heavy atom. The van der Waals surface area contributed by atoms with E-state index in [1.54, 1.807) is 0 Å². The SMILES string of the molecule is NC(=O)C1CCN(S(=O)(=O)N2CCOC(c3ccccc3)C2)CC1. The maximum atomic E-state index is 12.9. The van der Waals surface area contributed by atoms with Crippen LogP contribution in [0, 0.1) is 5.92 Å². The number of primary amides is 1. The zero-order valence-electron chi connectivity index (χ0n) is 13.5. The normalized spacial score (nSPS) is 24.8. The van der Waals surface area contributed by atoms with E-state index < -0.39 is 10.2 Å². The molecular formula is C16H23N3O4S. The number of hydrogen-bond acceptors (Lipinski definition) is 4. The third-order valence-electron chi connectivity index (χ3n) is 4.71. The van der Waals surface area contributed by atoms with Gasteiger partial charge in [0.05, 0.1) is 12.7 Å². The third kappa shape index (κ3) is 3.61. The molecule has 1 unspecified atom stereocenters. The fourth-order valence-electron chi connectivity index (χ4n) is 3.24. The molecule has 1 atom stereocenters. The summed E-state index contributed by atoms with van der Waals surface area (Å²) in [6.45, 7) is 1.70. The van der Waals surface area contributed by atoms with Crippen LogP contribution in [-0.2, 0) is 19.7 Å². The number of benzene rings is 1. The van der Waals surface area contributed by atoms with Crippen molar-refractivity contribution >= 4 is 16.1 Å². The monoisotopic (exact) mass is 353 g/mol. The van der Waals surface area contributed by atoms with Gasteiger partial charge in [0.25, 0.3) is 10.2 Å². The Balaban J connectivity index is 1.67. The summed E-state index contributed by atoms with van der Waals surface area (Å²) >= 11 is 0. The van der Waals surface area contributed by atoms with Gasteiger partial charge in [0, 0.05) is 32.1 Å². The number of hydrogen-bond donors (Lipinski definition) is 1. The second-order valence-electron chi connectivity index (χ2n) is 6.21. The van der Waals surface area contributed by atoms with Crippen LogP contribution in [0.2, 0.25) is 0 Å². The second-order valence-corrected chi connectivity index (χ2v) is 8.14. The van der Waals surface area contributed by atoms with Crippen molar-refractivity contribution in [2.24, 2.45) is 11.7 Å². The molecule has 0 saturated carbocycles. The van der Waals surface area contributed by atoms with Gasteiger partial charge < -0.3 is 10.5 Å². The first-order chi connectivity index (χ1) is 11.5. The van der Waals surface area contributed by atoms with Crippen molar-refractivity contribution in [3.8, 4) is 0 Å². The fourth-order valence-corrected chi connectivity index (χ4v) is 4.87. The molecule has 2 saturated heterocycles. The third-order valence-corrected chi connectivity index (χ3v) is 6.71. The van der Waals surface area contributed by atoms with Crippen LogP contribution in [-0.4, -0.2) is 55.7 Å². The lowest BCUT2D eigenvalue weighted by Crippen LogP contribution is -2.51. The van der Waals surface area contributed by atoms with Crippen molar-refractivity contribution in [1.82, 2.24) is 8.61 Å². The average molecular weight is 353 g/mol. The van der Waals surface area contributed by atoms with Crippen LogP contribution in [0.1, 0.15) is 24.5 Å². The molecule has 24 heavy (non-hydrogen) atoms. The molecule has 0 bridgehead atoms. The molecule has 1 aromatic carbocycles. The summed E-state index contributed by atoms with van der Waals surface area (Å²) in [7, 11) is -3.54. The number of amides is 1. The zero-order valence-corrected chi connectivity index (χ0v) is 14.3. The molecule has 0 aliphatic carbocycles. The molecule has 3 rings (SSSR count). The van der Waals surface area contributed by atoms with Crippen LogP contribution >= 0.6 is 0 Å². The van der Waals surface area contributed by atoms with Crippen molar-refractivity contribution in [2.75, 3.05) is 32.8 Å². The highest BCUT2D eigenvalue weighted by Gasteiger charge is 2.37. The van der Waals surface area contributed by atoms with Gasteiger partial charge >= 0.3 is 0 Å². The van der Waals surface area contributed by atoms with Gasteiger partial charge in [-0.2, -0.15) is 17.0 Å². The van der Waals surface area contributed by atoms with Gasteiger partial charge in [-0.1, -0.05) is 30.3 Å². The van der Waals surface area contributed by atoms with Gasteiger partial charge in [-0.3, -0.25) is 4.79 Å². The van der Waals surface area contributed by atoms with Crippen molar-refractivity contribution < 1.29 is 17.9 Å². The lowest BCUT2D eigenvalue weighted by atomic mass is 9.98. The molecule has 0 radical (unpaired) electrons. The van der Waals surface area contributed by atoms with Crippen molar-refractivity contribution in [1.29, 1.82) is 0 Å². The minimum Gasteiger partial charge on any atom is -0.371 e. The van der Waals surface area contributed by atoms with Crippen LogP contribution in [0.5, 0.6) is 0 Å². The number of morpholine rings is 1. The molecule has 2 N–H and O–H groups in total. The van der Waals surface area contributed by atoms with Crippen LogP contribution in [0.25, 0.3) is 0 Å². The number of ether oxygens (including phenoxy) is 1. The van der Waals surface area contributed by atoms with Crippen molar-refractivity contribution in [3.05, 3.63) is 35.9 Å². The average Bonchev–Trinajstić information content (AvgIpc) is 2.62. The Hall–Kier alpha value is -1.48. The molecule has 2 aliphatic heterocycles. The van der Waals surface area contributed by atoms with Crippen LogP contribution in [0.15, 0.2) is 30.3 Å². The second kappa shape index (κ2) is 7.18. The van der Waals surface area contributed by atoms with Crippen molar-refractivity contribution in [2.45, 2.75) is 18.9 Å². The van der Waals surface area contributed by atoms with Crippen molar-refractivity contribution in [3.63, 3.8) is 0 Å². The first-order valence-electron chi connectivity index (χ1n) is 8.19. The maximum absolute atomic E-state index is 12.9. The molecule has 7 nitrogen and oxygen atoms in total. The number of carbonyl (C=O) groups excluding carboxylic acids is 1. The highest BCUT2D eigenvalue weighted by molar-refractivity contribution is 7.86. The number of nitrogens with two attached hydrogens (primary N) is 1. The molecule has 132 valence electrons. The maximum Gasteiger partial charge on any atom is 0.282 e. The molecule has 2 heterocycles. The first kappa shape index (κ1) is 17.3. The lowest BCUT2D eigenvalue weighted by Gasteiger charge is -2.37. The van der Waals surface area contributed by atoms with Gasteiger partial charge in [0.1, 0.15) is 0 Å². The zero-order chi connectivity index (χ0) is 17.2. The highest BCUT2D eigenvalue weighted by atomic mass is 32.2. The summed E-state index contributed by atoms with van der Waals surface area (Å²) in [4.78, 5) is 11.2. The fraction of sp³-hybridized carbons (Fsp3) is 0.562. The van der Waals surface area contributed by atoms with E-state index in [-0.39, 0.29) is 17.9 Å². The van der Waals surface area contributed by atoms with Gasteiger partial charge in [-0.15, -0.1) is 0 Å². The smallest absolute Gasteiger partial charge is 0.282 e. The summed E-state index contributed by atoms with van der Waals surface area (Å²) in [5.41, 5.74) is 6.29. The number of rotatable bonds is 4. The van der Waals surface area contributed by atoms with Crippen LogP contribution < -0.4 is 5.73 Å². The molecule has 0 spiro atoms. The van der Waals surface area contributed by atoms with Gasteiger partial charge in [0.2, 0.25) is 5.91 Å². The quantitative estimate of drug-likeness (QED) is 0.853. The van der Waals surface area contributed by atoms with E-state index in [0.29, 0.717) is 45.6 Å². The summed E-state index contributed by atoms with van der Waals surface area (Å²) in [5, 5.41) is 0. The molecular weight excluding hydrogens is 330 g/mol. The lowest BCUT2D eigenvalue weighted by molar-refractivity contribution is -0.122. The highest BCUT2D eigenvalue weighted by Crippen LogP contribution is 2.27. The van der Waals surface area contributed by atoms with E-state index in [1.807, 2.05) is 30.3 Å². The van der Waals surface area contributed by atoms with E-state index in [4.69, 9.17) is 10.5 Å². The molecule has 1 aromatic rings. The molecule has 8 heteroatoms. The summed E-state index contributed by atoms with van der Waals surface area (Å²) in [6, 6.07) is 9.64. The summed E-state index contributed by atoms with van der Waals surface area (Å²) in [5.74, 6) is -0.569. The summed E-state index contributed by atoms with van der Waals surface area (Å²) in [6.07, 6.45) is 0.722. The Bertz CT molecular complexity index is 672. The van der Waals surface area contributed by atoms with Gasteiger partial charge in [-0.05, 0) is 18.4 Å². The van der Waals surface area contributed by atoms with E-state index in [2.05, 4.69) is 0 Å². The number of nitrogens with zero attached hydrogens (tertiary/aromatic N) is 2. The Morgan fingerprint density at radius 2 is 1.75 bits per heavy atom. The predicted molar refractivity (Wildman–Crippen MR) is 89.1 cm³/mol.